The predicted molar refractivity (Wildman–Crippen MR) is 102 cm³/mol. The highest BCUT2D eigenvalue weighted by atomic mass is 32.2. The SMILES string of the molecule is CC1CCC(N(C)C(=O)COC(=O)c2sccc2S(=O)(=O)NC2CC2)CC1. The van der Waals surface area contributed by atoms with Gasteiger partial charge in [0.15, 0.2) is 6.61 Å². The molecule has 2 aliphatic carbocycles. The molecule has 1 N–H and O–H groups in total. The number of nitrogens with zero attached hydrogens (tertiary/aromatic N) is 1. The summed E-state index contributed by atoms with van der Waals surface area (Å²) in [5.74, 6) is -0.355. The lowest BCUT2D eigenvalue weighted by molar-refractivity contribution is -0.136. The maximum Gasteiger partial charge on any atom is 0.350 e. The molecule has 1 heterocycles. The molecule has 3 rings (SSSR count). The Bertz CT molecular complexity index is 792. The lowest BCUT2D eigenvalue weighted by Gasteiger charge is -2.33. The van der Waals surface area contributed by atoms with Gasteiger partial charge in [-0.1, -0.05) is 6.92 Å². The van der Waals surface area contributed by atoms with E-state index in [4.69, 9.17) is 4.74 Å². The largest absolute Gasteiger partial charge is 0.451 e. The maximum absolute atomic E-state index is 12.4. The number of sulfonamides is 1. The standard InChI is InChI=1S/C18H26N2O5S2/c1-12-3-7-14(8-4-12)20(2)16(21)11-25-18(22)17-15(9-10-26-17)27(23,24)19-13-5-6-13/h9-10,12-14,19H,3-8,11H2,1-2H3. The first-order chi connectivity index (χ1) is 12.8. The Balaban J connectivity index is 1.56. The van der Waals surface area contributed by atoms with Crippen LogP contribution in [-0.4, -0.2) is 50.9 Å². The molecule has 1 aromatic rings. The van der Waals surface area contributed by atoms with Crippen LogP contribution in [0.2, 0.25) is 0 Å². The van der Waals surface area contributed by atoms with Gasteiger partial charge in [0, 0.05) is 19.1 Å². The molecular weight excluding hydrogens is 388 g/mol. The van der Waals surface area contributed by atoms with Gasteiger partial charge in [0.1, 0.15) is 9.77 Å². The first-order valence-corrected chi connectivity index (χ1v) is 11.7. The van der Waals surface area contributed by atoms with Crippen molar-refractivity contribution in [2.75, 3.05) is 13.7 Å². The number of rotatable bonds is 7. The maximum atomic E-state index is 12.4. The summed E-state index contributed by atoms with van der Waals surface area (Å²) in [7, 11) is -2.01. The number of thiophene rings is 1. The molecule has 0 bridgehead atoms. The molecule has 0 atom stereocenters. The average molecular weight is 415 g/mol. The number of esters is 1. The van der Waals surface area contributed by atoms with Gasteiger partial charge >= 0.3 is 5.97 Å². The van der Waals surface area contributed by atoms with Gasteiger partial charge in [-0.2, -0.15) is 0 Å². The molecule has 1 amide bonds. The van der Waals surface area contributed by atoms with Crippen molar-refractivity contribution in [3.63, 3.8) is 0 Å². The van der Waals surface area contributed by atoms with Gasteiger partial charge in [-0.15, -0.1) is 11.3 Å². The minimum atomic E-state index is -3.74. The highest BCUT2D eigenvalue weighted by Crippen LogP contribution is 2.28. The molecule has 27 heavy (non-hydrogen) atoms. The number of hydrogen-bond acceptors (Lipinski definition) is 6. The minimum absolute atomic E-state index is 0.00472. The van der Waals surface area contributed by atoms with Gasteiger partial charge in [-0.25, -0.2) is 17.9 Å². The van der Waals surface area contributed by atoms with Crippen LogP contribution in [0.15, 0.2) is 16.3 Å². The van der Waals surface area contributed by atoms with E-state index in [1.54, 1.807) is 11.9 Å². The zero-order chi connectivity index (χ0) is 19.6. The third-order valence-electron chi connectivity index (χ3n) is 5.26. The Morgan fingerprint density at radius 1 is 1.22 bits per heavy atom. The smallest absolute Gasteiger partial charge is 0.350 e. The van der Waals surface area contributed by atoms with Crippen LogP contribution in [0.25, 0.3) is 0 Å². The van der Waals surface area contributed by atoms with Crippen molar-refractivity contribution in [3.8, 4) is 0 Å². The van der Waals surface area contributed by atoms with Gasteiger partial charge in [0.25, 0.3) is 5.91 Å². The number of carbonyl (C=O) groups excluding carboxylic acids is 2. The van der Waals surface area contributed by atoms with E-state index in [0.717, 1.165) is 49.9 Å². The molecule has 0 spiro atoms. The molecule has 0 aromatic carbocycles. The average Bonchev–Trinajstić information content (AvgIpc) is 3.28. The first kappa shape index (κ1) is 20.3. The van der Waals surface area contributed by atoms with Crippen LogP contribution < -0.4 is 4.72 Å². The molecule has 7 nitrogen and oxygen atoms in total. The van der Waals surface area contributed by atoms with E-state index in [2.05, 4.69) is 11.6 Å². The molecule has 9 heteroatoms. The van der Waals surface area contributed by atoms with E-state index < -0.39 is 16.0 Å². The van der Waals surface area contributed by atoms with E-state index in [-0.39, 0.29) is 34.4 Å². The number of nitrogens with one attached hydrogen (secondary N) is 1. The topological polar surface area (TPSA) is 92.8 Å². The van der Waals surface area contributed by atoms with Crippen LogP contribution in [0, 0.1) is 5.92 Å². The summed E-state index contributed by atoms with van der Waals surface area (Å²) < 4.78 is 32.4. The third-order valence-corrected chi connectivity index (χ3v) is 7.84. The van der Waals surface area contributed by atoms with Gasteiger partial charge in [-0.05, 0) is 55.9 Å². The van der Waals surface area contributed by atoms with Crippen molar-refractivity contribution >= 4 is 33.2 Å². The minimum Gasteiger partial charge on any atom is -0.451 e. The summed E-state index contributed by atoms with van der Waals surface area (Å²) in [6, 6.07) is 1.52. The first-order valence-electron chi connectivity index (χ1n) is 9.30. The lowest BCUT2D eigenvalue weighted by Crippen LogP contribution is -2.41. The van der Waals surface area contributed by atoms with E-state index in [1.165, 1.54) is 11.4 Å². The summed E-state index contributed by atoms with van der Waals surface area (Å²) in [5, 5.41) is 1.54. The molecule has 0 unspecified atom stereocenters. The molecule has 0 aliphatic heterocycles. The van der Waals surface area contributed by atoms with Crippen molar-refractivity contribution in [2.45, 2.75) is 62.4 Å². The van der Waals surface area contributed by atoms with E-state index in [0.29, 0.717) is 5.92 Å². The van der Waals surface area contributed by atoms with Crippen molar-refractivity contribution in [1.82, 2.24) is 9.62 Å². The lowest BCUT2D eigenvalue weighted by atomic mass is 9.87. The molecule has 150 valence electrons. The van der Waals surface area contributed by atoms with Crippen LogP contribution >= 0.6 is 11.3 Å². The van der Waals surface area contributed by atoms with E-state index in [1.807, 2.05) is 0 Å². The van der Waals surface area contributed by atoms with Crippen molar-refractivity contribution < 1.29 is 22.7 Å². The molecule has 0 radical (unpaired) electrons. The third kappa shape index (κ3) is 5.08. The summed E-state index contributed by atoms with van der Waals surface area (Å²) in [6.07, 6.45) is 5.71. The Morgan fingerprint density at radius 2 is 1.89 bits per heavy atom. The fourth-order valence-corrected chi connectivity index (χ4v) is 5.89. The zero-order valence-electron chi connectivity index (χ0n) is 15.6. The molecule has 0 saturated heterocycles. The highest BCUT2D eigenvalue weighted by molar-refractivity contribution is 7.89. The number of hydrogen-bond donors (Lipinski definition) is 1. The van der Waals surface area contributed by atoms with E-state index in [9.17, 15) is 18.0 Å². The molecule has 2 saturated carbocycles. The van der Waals surface area contributed by atoms with Crippen LogP contribution in [0.5, 0.6) is 0 Å². The summed E-state index contributed by atoms with van der Waals surface area (Å²) >= 11 is 1.00. The van der Waals surface area contributed by atoms with Crippen LogP contribution in [0.3, 0.4) is 0 Å². The van der Waals surface area contributed by atoms with Gasteiger partial charge in [-0.3, -0.25) is 4.79 Å². The van der Waals surface area contributed by atoms with Crippen molar-refractivity contribution in [3.05, 3.63) is 16.3 Å². The normalized spacial score (nSPS) is 23.0. The quantitative estimate of drug-likeness (QED) is 0.692. The summed E-state index contributed by atoms with van der Waals surface area (Å²) in [6.45, 7) is 1.83. The Hall–Kier alpha value is -1.45. The fraction of sp³-hybridized carbons (Fsp3) is 0.667. The molecular formula is C18H26N2O5S2. The Kier molecular flexibility index (Phi) is 6.22. The number of amides is 1. The number of likely N-dealkylation sites (N-methyl/N-ethyl adjacent to an activating group) is 1. The fourth-order valence-electron chi connectivity index (χ4n) is 3.27. The number of carbonyl (C=O) groups is 2. The van der Waals surface area contributed by atoms with Crippen LogP contribution in [0.4, 0.5) is 0 Å². The van der Waals surface area contributed by atoms with Crippen molar-refractivity contribution in [1.29, 1.82) is 0 Å². The second kappa shape index (κ2) is 8.28. The van der Waals surface area contributed by atoms with Gasteiger partial charge in [0.2, 0.25) is 10.0 Å². The predicted octanol–water partition coefficient (Wildman–Crippen LogP) is 2.38. The van der Waals surface area contributed by atoms with Crippen LogP contribution in [-0.2, 0) is 19.6 Å². The zero-order valence-corrected chi connectivity index (χ0v) is 17.3. The molecule has 2 fully saturated rings. The highest BCUT2D eigenvalue weighted by Gasteiger charge is 2.32. The van der Waals surface area contributed by atoms with E-state index >= 15 is 0 Å². The monoisotopic (exact) mass is 414 g/mol. The van der Waals surface area contributed by atoms with Gasteiger partial charge in [0.05, 0.1) is 0 Å². The molecule has 2 aliphatic rings. The summed E-state index contributed by atoms with van der Waals surface area (Å²) in [5.41, 5.74) is 0. The Morgan fingerprint density at radius 3 is 2.52 bits per heavy atom. The second-order valence-corrected chi connectivity index (χ2v) is 10.1. The number of ether oxygens (including phenoxy) is 1. The van der Waals surface area contributed by atoms with Gasteiger partial charge < -0.3 is 9.64 Å². The Labute approximate surface area is 164 Å². The second-order valence-electron chi connectivity index (χ2n) is 7.50. The van der Waals surface area contributed by atoms with Crippen LogP contribution in [0.1, 0.15) is 55.1 Å². The van der Waals surface area contributed by atoms with Crippen molar-refractivity contribution in [2.24, 2.45) is 5.92 Å². The molecule has 1 aromatic heterocycles. The summed E-state index contributed by atoms with van der Waals surface area (Å²) in [4.78, 5) is 26.3.